The third kappa shape index (κ3) is 5.26. The van der Waals surface area contributed by atoms with Gasteiger partial charge in [0.25, 0.3) is 0 Å². The van der Waals surface area contributed by atoms with Crippen LogP contribution in [-0.4, -0.2) is 12.6 Å². The maximum Gasteiger partial charge on any atom is 0.349 e. The van der Waals surface area contributed by atoms with Crippen LogP contribution in [0.2, 0.25) is 5.02 Å². The van der Waals surface area contributed by atoms with Gasteiger partial charge in [0.2, 0.25) is 0 Å². The molecule has 0 unspecified atom stereocenters. The zero-order chi connectivity index (χ0) is 17.0. The van der Waals surface area contributed by atoms with Crippen LogP contribution in [0.5, 0.6) is 11.5 Å². The van der Waals surface area contributed by atoms with Gasteiger partial charge in [-0.3, -0.25) is 0 Å². The minimum Gasteiger partial charge on any atom is -0.481 e. The molecule has 0 saturated heterocycles. The van der Waals surface area contributed by atoms with Crippen molar-refractivity contribution >= 4 is 33.5 Å². The predicted octanol–water partition coefficient (Wildman–Crippen LogP) is 5.38. The van der Waals surface area contributed by atoms with E-state index >= 15 is 0 Å². The van der Waals surface area contributed by atoms with Crippen LogP contribution < -0.4 is 9.47 Å². The van der Waals surface area contributed by atoms with E-state index in [4.69, 9.17) is 21.1 Å². The van der Waals surface area contributed by atoms with Gasteiger partial charge in [-0.05, 0) is 57.2 Å². The van der Waals surface area contributed by atoms with E-state index in [1.165, 1.54) is 5.56 Å². The lowest BCUT2D eigenvalue weighted by atomic mass is 9.87. The molecule has 0 spiro atoms. The summed E-state index contributed by atoms with van der Waals surface area (Å²) in [4.78, 5) is 11.9. The highest BCUT2D eigenvalue weighted by Crippen LogP contribution is 2.28. The molecule has 0 aliphatic rings. The fourth-order valence-corrected chi connectivity index (χ4v) is 2.71. The van der Waals surface area contributed by atoms with E-state index in [1.54, 1.807) is 30.3 Å². The summed E-state index contributed by atoms with van der Waals surface area (Å²) in [5.74, 6) is 0.576. The highest BCUT2D eigenvalue weighted by molar-refractivity contribution is 9.10. The third-order valence-corrected chi connectivity index (χ3v) is 4.05. The SMILES string of the molecule is CC(C)(C)c1ccc(OC(=O)COc2ccc(Cl)cc2Br)cc1. The van der Waals surface area contributed by atoms with E-state index in [0.29, 0.717) is 21.0 Å². The molecule has 2 aromatic carbocycles. The highest BCUT2D eigenvalue weighted by Gasteiger charge is 2.14. The number of hydrogen-bond acceptors (Lipinski definition) is 3. The first kappa shape index (κ1) is 17.8. The smallest absolute Gasteiger partial charge is 0.349 e. The van der Waals surface area contributed by atoms with Crippen LogP contribution >= 0.6 is 27.5 Å². The summed E-state index contributed by atoms with van der Waals surface area (Å²) in [6.07, 6.45) is 0. The average Bonchev–Trinajstić information content (AvgIpc) is 2.46. The first-order chi connectivity index (χ1) is 10.8. The Kier molecular flexibility index (Phi) is 5.71. The molecular weight excluding hydrogens is 380 g/mol. The first-order valence-electron chi connectivity index (χ1n) is 7.15. The molecule has 122 valence electrons. The highest BCUT2D eigenvalue weighted by atomic mass is 79.9. The Morgan fingerprint density at radius 1 is 1.13 bits per heavy atom. The molecule has 2 rings (SSSR count). The minimum absolute atomic E-state index is 0.0620. The minimum atomic E-state index is -0.463. The monoisotopic (exact) mass is 396 g/mol. The van der Waals surface area contributed by atoms with Crippen molar-refractivity contribution in [3.05, 3.63) is 57.5 Å². The van der Waals surface area contributed by atoms with Gasteiger partial charge in [-0.25, -0.2) is 4.79 Å². The lowest BCUT2D eigenvalue weighted by molar-refractivity contribution is -0.136. The number of carbonyl (C=O) groups is 1. The van der Waals surface area contributed by atoms with Crippen LogP contribution in [0.15, 0.2) is 46.9 Å². The third-order valence-electron chi connectivity index (χ3n) is 3.19. The largest absolute Gasteiger partial charge is 0.481 e. The second kappa shape index (κ2) is 7.37. The zero-order valence-corrected chi connectivity index (χ0v) is 15.6. The predicted molar refractivity (Wildman–Crippen MR) is 95.4 cm³/mol. The van der Waals surface area contributed by atoms with Gasteiger partial charge in [0.05, 0.1) is 4.47 Å². The Morgan fingerprint density at radius 2 is 1.78 bits per heavy atom. The number of rotatable bonds is 4. The average molecular weight is 398 g/mol. The normalized spacial score (nSPS) is 11.2. The van der Waals surface area contributed by atoms with Crippen LogP contribution in [0, 0.1) is 0 Å². The van der Waals surface area contributed by atoms with Crippen molar-refractivity contribution in [2.24, 2.45) is 0 Å². The van der Waals surface area contributed by atoms with Crippen molar-refractivity contribution < 1.29 is 14.3 Å². The van der Waals surface area contributed by atoms with Crippen molar-refractivity contribution in [3.8, 4) is 11.5 Å². The topological polar surface area (TPSA) is 35.5 Å². The van der Waals surface area contributed by atoms with Crippen molar-refractivity contribution in [2.75, 3.05) is 6.61 Å². The Morgan fingerprint density at radius 3 is 2.35 bits per heavy atom. The Labute approximate surface area is 149 Å². The van der Waals surface area contributed by atoms with Gasteiger partial charge in [0.1, 0.15) is 11.5 Å². The molecule has 0 atom stereocenters. The lowest BCUT2D eigenvalue weighted by Crippen LogP contribution is -2.18. The van der Waals surface area contributed by atoms with E-state index in [2.05, 4.69) is 36.7 Å². The molecule has 0 heterocycles. The molecule has 0 aliphatic carbocycles. The molecule has 0 aromatic heterocycles. The Bertz CT molecular complexity index is 690. The van der Waals surface area contributed by atoms with Crippen LogP contribution in [0.25, 0.3) is 0 Å². The standard InChI is InChI=1S/C18H18BrClO3/c1-18(2,3)12-4-7-14(8-5-12)23-17(21)11-22-16-9-6-13(20)10-15(16)19/h4-10H,11H2,1-3H3. The van der Waals surface area contributed by atoms with E-state index in [1.807, 2.05) is 12.1 Å². The number of ether oxygens (including phenoxy) is 2. The van der Waals surface area contributed by atoms with E-state index in [-0.39, 0.29) is 12.0 Å². The summed E-state index contributed by atoms with van der Waals surface area (Å²) >= 11 is 9.18. The number of carbonyl (C=O) groups excluding carboxylic acids is 1. The van der Waals surface area contributed by atoms with Crippen molar-refractivity contribution in [2.45, 2.75) is 26.2 Å². The van der Waals surface area contributed by atoms with E-state index in [0.717, 1.165) is 0 Å². The van der Waals surface area contributed by atoms with Gasteiger partial charge in [0.15, 0.2) is 6.61 Å². The number of benzene rings is 2. The second-order valence-corrected chi connectivity index (χ2v) is 7.40. The summed E-state index contributed by atoms with van der Waals surface area (Å²) in [6, 6.07) is 12.6. The van der Waals surface area contributed by atoms with Crippen LogP contribution in [0.1, 0.15) is 26.3 Å². The van der Waals surface area contributed by atoms with Crippen LogP contribution in [0.3, 0.4) is 0 Å². The molecule has 5 heteroatoms. The maximum absolute atomic E-state index is 11.9. The Hall–Kier alpha value is -1.52. The molecule has 0 amide bonds. The quantitative estimate of drug-likeness (QED) is 0.513. The summed E-state index contributed by atoms with van der Waals surface area (Å²) in [5, 5.41) is 0.589. The fourth-order valence-electron chi connectivity index (χ4n) is 1.91. The van der Waals surface area contributed by atoms with Crippen molar-refractivity contribution in [1.82, 2.24) is 0 Å². The van der Waals surface area contributed by atoms with Gasteiger partial charge in [-0.2, -0.15) is 0 Å². The number of esters is 1. The van der Waals surface area contributed by atoms with Gasteiger partial charge < -0.3 is 9.47 Å². The second-order valence-electron chi connectivity index (χ2n) is 6.11. The fraction of sp³-hybridized carbons (Fsp3) is 0.278. The molecule has 0 bridgehead atoms. The molecule has 2 aromatic rings. The molecule has 0 N–H and O–H groups in total. The number of halogens is 2. The van der Waals surface area contributed by atoms with Crippen molar-refractivity contribution in [1.29, 1.82) is 0 Å². The number of hydrogen-bond donors (Lipinski definition) is 0. The van der Waals surface area contributed by atoms with Crippen LogP contribution in [-0.2, 0) is 10.2 Å². The summed E-state index contributed by atoms with van der Waals surface area (Å²) in [5.41, 5.74) is 1.24. The Balaban J connectivity index is 1.92. The maximum atomic E-state index is 11.9. The van der Waals surface area contributed by atoms with Crippen molar-refractivity contribution in [3.63, 3.8) is 0 Å². The summed E-state index contributed by atoms with van der Waals surface area (Å²) in [6.45, 7) is 6.21. The molecule has 3 nitrogen and oxygen atoms in total. The molecule has 0 saturated carbocycles. The van der Waals surface area contributed by atoms with Crippen LogP contribution in [0.4, 0.5) is 0 Å². The van der Waals surface area contributed by atoms with Gasteiger partial charge in [-0.15, -0.1) is 0 Å². The summed E-state index contributed by atoms with van der Waals surface area (Å²) < 4.78 is 11.4. The van der Waals surface area contributed by atoms with Gasteiger partial charge >= 0.3 is 5.97 Å². The molecule has 0 aliphatic heterocycles. The van der Waals surface area contributed by atoms with Gasteiger partial charge in [-0.1, -0.05) is 44.5 Å². The molecule has 0 radical (unpaired) electrons. The summed E-state index contributed by atoms with van der Waals surface area (Å²) in [7, 11) is 0. The lowest BCUT2D eigenvalue weighted by Gasteiger charge is -2.19. The van der Waals surface area contributed by atoms with E-state index in [9.17, 15) is 4.79 Å². The zero-order valence-electron chi connectivity index (χ0n) is 13.2. The van der Waals surface area contributed by atoms with Gasteiger partial charge in [0, 0.05) is 5.02 Å². The molecular formula is C18H18BrClO3. The first-order valence-corrected chi connectivity index (χ1v) is 8.32. The molecule has 23 heavy (non-hydrogen) atoms. The molecule has 0 fully saturated rings. The van der Waals surface area contributed by atoms with E-state index < -0.39 is 5.97 Å².